The number of nitrogens with zero attached hydrogens (tertiary/aromatic N) is 5. The fourth-order valence-electron chi connectivity index (χ4n) is 3.13. The molecule has 0 saturated carbocycles. The number of rotatable bonds is 4. The van der Waals surface area contributed by atoms with Gasteiger partial charge in [-0.1, -0.05) is 23.7 Å². The van der Waals surface area contributed by atoms with E-state index < -0.39 is 0 Å². The van der Waals surface area contributed by atoms with Crippen molar-refractivity contribution >= 4 is 22.5 Å². The number of hydrogen-bond acceptors (Lipinski definition) is 5. The van der Waals surface area contributed by atoms with Gasteiger partial charge in [0.05, 0.1) is 24.8 Å². The van der Waals surface area contributed by atoms with Gasteiger partial charge in [0.2, 0.25) is 0 Å². The van der Waals surface area contributed by atoms with Crippen molar-refractivity contribution in [2.24, 2.45) is 0 Å². The van der Waals surface area contributed by atoms with E-state index in [4.69, 9.17) is 16.3 Å². The first-order chi connectivity index (χ1) is 11.8. The third kappa shape index (κ3) is 3.26. The molecule has 4 rings (SSSR count). The molecule has 0 amide bonds. The first-order valence-corrected chi connectivity index (χ1v) is 8.36. The van der Waals surface area contributed by atoms with E-state index in [9.17, 15) is 0 Å². The van der Waals surface area contributed by atoms with Gasteiger partial charge in [0.25, 0.3) is 0 Å². The first kappa shape index (κ1) is 15.5. The van der Waals surface area contributed by atoms with E-state index in [2.05, 4.69) is 26.0 Å². The van der Waals surface area contributed by atoms with Gasteiger partial charge < -0.3 is 4.74 Å². The van der Waals surface area contributed by atoms with Crippen molar-refractivity contribution in [3.05, 3.63) is 53.7 Å². The zero-order chi connectivity index (χ0) is 16.4. The monoisotopic (exact) mass is 343 g/mol. The van der Waals surface area contributed by atoms with Crippen LogP contribution < -0.4 is 0 Å². The van der Waals surface area contributed by atoms with E-state index in [1.807, 2.05) is 24.4 Å². The second-order valence-electron chi connectivity index (χ2n) is 5.95. The lowest BCUT2D eigenvalue weighted by molar-refractivity contribution is -0.0401. The molecule has 7 heteroatoms. The molecule has 1 aliphatic heterocycles. The van der Waals surface area contributed by atoms with Crippen molar-refractivity contribution in [3.63, 3.8) is 0 Å². The molecule has 0 unspecified atom stereocenters. The van der Waals surface area contributed by atoms with Crippen LogP contribution in [0.15, 0.2) is 43.1 Å². The Morgan fingerprint density at radius 3 is 3.12 bits per heavy atom. The smallest absolute Gasteiger partial charge is 0.137 e. The molecule has 0 spiro atoms. The Hall–Kier alpha value is -2.02. The van der Waals surface area contributed by atoms with Gasteiger partial charge >= 0.3 is 0 Å². The van der Waals surface area contributed by atoms with E-state index in [1.165, 1.54) is 0 Å². The Bertz CT molecular complexity index is 823. The van der Waals surface area contributed by atoms with Gasteiger partial charge in [0.15, 0.2) is 0 Å². The second kappa shape index (κ2) is 6.84. The average molecular weight is 344 g/mol. The van der Waals surface area contributed by atoms with Crippen molar-refractivity contribution < 1.29 is 4.74 Å². The fraction of sp³-hybridized carbons (Fsp3) is 0.353. The number of pyridine rings is 1. The van der Waals surface area contributed by atoms with Crippen LogP contribution in [0, 0.1) is 0 Å². The van der Waals surface area contributed by atoms with Crippen molar-refractivity contribution in [2.75, 3.05) is 19.7 Å². The molecule has 1 saturated heterocycles. The third-order valence-electron chi connectivity index (χ3n) is 4.28. The summed E-state index contributed by atoms with van der Waals surface area (Å²) in [6.07, 6.45) is 5.17. The minimum Gasteiger partial charge on any atom is -0.374 e. The first-order valence-electron chi connectivity index (χ1n) is 7.98. The number of fused-ring (bicyclic) bond motifs is 1. The fourth-order valence-corrected chi connectivity index (χ4v) is 3.34. The number of aromatic nitrogens is 4. The predicted molar refractivity (Wildman–Crippen MR) is 91.8 cm³/mol. The van der Waals surface area contributed by atoms with E-state index in [0.717, 1.165) is 41.1 Å². The van der Waals surface area contributed by atoms with Crippen LogP contribution >= 0.6 is 11.6 Å². The minimum atomic E-state index is 0.0992. The highest BCUT2D eigenvalue weighted by Crippen LogP contribution is 2.26. The molecule has 6 nitrogen and oxygen atoms in total. The number of halogens is 1. The van der Waals surface area contributed by atoms with Crippen LogP contribution in [0.2, 0.25) is 5.02 Å². The molecule has 24 heavy (non-hydrogen) atoms. The van der Waals surface area contributed by atoms with Crippen LogP contribution in [0.3, 0.4) is 0 Å². The quantitative estimate of drug-likeness (QED) is 0.728. The summed E-state index contributed by atoms with van der Waals surface area (Å²) in [7, 11) is 0. The number of benzene rings is 1. The normalized spacial score (nSPS) is 19.0. The van der Waals surface area contributed by atoms with E-state index >= 15 is 0 Å². The Morgan fingerprint density at radius 2 is 2.25 bits per heavy atom. The maximum atomic E-state index is 6.45. The molecular formula is C17H18ClN5O. The van der Waals surface area contributed by atoms with Crippen LogP contribution in [0.25, 0.3) is 10.9 Å². The molecule has 1 aliphatic rings. The van der Waals surface area contributed by atoms with Gasteiger partial charge in [-0.2, -0.15) is 5.10 Å². The van der Waals surface area contributed by atoms with Gasteiger partial charge in [-0.25, -0.2) is 4.98 Å². The molecule has 124 valence electrons. The molecule has 0 radical (unpaired) electrons. The standard InChI is InChI=1S/C17H18ClN5O/c18-16-4-3-13-2-1-5-20-17(13)15(16)10-22-6-7-24-14(8-22)9-23-12-19-11-21-23/h1-5,11-12,14H,6-10H2/t14-/m1/s1. The number of hydrogen-bond donors (Lipinski definition) is 0. The molecule has 0 aliphatic carbocycles. The highest BCUT2D eigenvalue weighted by molar-refractivity contribution is 6.32. The summed E-state index contributed by atoms with van der Waals surface area (Å²) in [5, 5.41) is 6.03. The predicted octanol–water partition coefficient (Wildman–Crippen LogP) is 2.38. The second-order valence-corrected chi connectivity index (χ2v) is 6.35. The summed E-state index contributed by atoms with van der Waals surface area (Å²) in [6, 6.07) is 7.98. The van der Waals surface area contributed by atoms with Gasteiger partial charge in [0, 0.05) is 41.8 Å². The molecule has 3 aromatic rings. The molecule has 0 bridgehead atoms. The SMILES string of the molecule is Clc1ccc2cccnc2c1CN1CCO[C@@H](Cn2cncn2)C1. The Labute approximate surface area is 145 Å². The summed E-state index contributed by atoms with van der Waals surface area (Å²) in [5.74, 6) is 0. The van der Waals surface area contributed by atoms with Crippen molar-refractivity contribution in [3.8, 4) is 0 Å². The van der Waals surface area contributed by atoms with Crippen LogP contribution in [-0.4, -0.2) is 50.4 Å². The molecule has 1 aromatic carbocycles. The maximum absolute atomic E-state index is 6.45. The maximum Gasteiger partial charge on any atom is 0.137 e. The van der Waals surface area contributed by atoms with Gasteiger partial charge in [0.1, 0.15) is 12.7 Å². The Morgan fingerprint density at radius 1 is 1.29 bits per heavy atom. The van der Waals surface area contributed by atoms with Gasteiger partial charge in [-0.3, -0.25) is 14.6 Å². The molecule has 0 N–H and O–H groups in total. The van der Waals surface area contributed by atoms with Gasteiger partial charge in [-0.15, -0.1) is 0 Å². The number of ether oxygens (including phenoxy) is 1. The van der Waals surface area contributed by atoms with Crippen molar-refractivity contribution in [1.82, 2.24) is 24.6 Å². The highest BCUT2D eigenvalue weighted by atomic mass is 35.5. The molecule has 1 atom stereocenters. The molecule has 2 aromatic heterocycles. The van der Waals surface area contributed by atoms with Crippen molar-refractivity contribution in [1.29, 1.82) is 0 Å². The number of morpholine rings is 1. The Balaban J connectivity index is 1.52. The lowest BCUT2D eigenvalue weighted by Gasteiger charge is -2.33. The molecular weight excluding hydrogens is 326 g/mol. The van der Waals surface area contributed by atoms with Crippen LogP contribution in [0.1, 0.15) is 5.56 Å². The zero-order valence-electron chi connectivity index (χ0n) is 13.2. The average Bonchev–Trinajstić information content (AvgIpc) is 3.11. The zero-order valence-corrected chi connectivity index (χ0v) is 13.9. The van der Waals surface area contributed by atoms with Crippen LogP contribution in [-0.2, 0) is 17.8 Å². The summed E-state index contributed by atoms with van der Waals surface area (Å²) < 4.78 is 7.66. The van der Waals surface area contributed by atoms with Crippen molar-refractivity contribution in [2.45, 2.75) is 19.2 Å². The summed E-state index contributed by atoms with van der Waals surface area (Å²) in [6.45, 7) is 3.89. The van der Waals surface area contributed by atoms with E-state index in [0.29, 0.717) is 13.2 Å². The largest absolute Gasteiger partial charge is 0.374 e. The lowest BCUT2D eigenvalue weighted by Crippen LogP contribution is -2.43. The Kier molecular flexibility index (Phi) is 4.42. The summed E-state index contributed by atoms with van der Waals surface area (Å²) in [5.41, 5.74) is 2.06. The van der Waals surface area contributed by atoms with Gasteiger partial charge in [-0.05, 0) is 12.1 Å². The summed E-state index contributed by atoms with van der Waals surface area (Å²) >= 11 is 6.45. The molecule has 3 heterocycles. The third-order valence-corrected chi connectivity index (χ3v) is 4.64. The van der Waals surface area contributed by atoms with E-state index in [-0.39, 0.29) is 6.10 Å². The van der Waals surface area contributed by atoms with Crippen LogP contribution in [0.4, 0.5) is 0 Å². The van der Waals surface area contributed by atoms with E-state index in [1.54, 1.807) is 17.3 Å². The highest BCUT2D eigenvalue weighted by Gasteiger charge is 2.22. The topological polar surface area (TPSA) is 56.1 Å². The molecule has 1 fully saturated rings. The minimum absolute atomic E-state index is 0.0992. The van der Waals surface area contributed by atoms with Crippen LogP contribution in [0.5, 0.6) is 0 Å². The summed E-state index contributed by atoms with van der Waals surface area (Å²) in [4.78, 5) is 10.9. The lowest BCUT2D eigenvalue weighted by atomic mass is 10.1.